The minimum absolute atomic E-state index is 0.0150. The van der Waals surface area contributed by atoms with E-state index in [-0.39, 0.29) is 58.5 Å². The molecule has 10 nitrogen and oxygen atoms in total. The lowest BCUT2D eigenvalue weighted by Crippen LogP contribution is -2.33. The quantitative estimate of drug-likeness (QED) is 0.176. The molecule has 2 unspecified atom stereocenters. The number of allylic oxidation sites excluding steroid dienone is 6. The highest BCUT2D eigenvalue weighted by Gasteiger charge is 2.45. The zero-order valence-electron chi connectivity index (χ0n) is 33.0. The van der Waals surface area contributed by atoms with Gasteiger partial charge in [-0.05, 0) is 57.0 Å². The van der Waals surface area contributed by atoms with Crippen molar-refractivity contribution in [3.05, 3.63) is 153 Å². The number of hydrogen-bond acceptors (Lipinski definition) is 10. The summed E-state index contributed by atoms with van der Waals surface area (Å²) >= 11 is 0. The number of hydrogen-bond donors (Lipinski definition) is 2. The number of nitrogens with two attached hydrogens (primary N) is 2. The fourth-order valence-electron chi connectivity index (χ4n) is 8.74. The van der Waals surface area contributed by atoms with Gasteiger partial charge in [-0.2, -0.15) is 10.5 Å². The predicted molar refractivity (Wildman–Crippen MR) is 217 cm³/mol. The van der Waals surface area contributed by atoms with Crippen molar-refractivity contribution in [2.24, 2.45) is 22.3 Å². The first-order valence-electron chi connectivity index (χ1n) is 19.4. The summed E-state index contributed by atoms with van der Waals surface area (Å²) in [4.78, 5) is 27.1. The normalized spacial score (nSPS) is 21.1. The molecule has 4 aliphatic rings. The Morgan fingerprint density at radius 2 is 1.02 bits per heavy atom. The summed E-state index contributed by atoms with van der Waals surface area (Å²) < 4.78 is 24.6. The van der Waals surface area contributed by atoms with E-state index in [0.717, 1.165) is 21.9 Å². The van der Waals surface area contributed by atoms with E-state index < -0.39 is 11.8 Å². The molecule has 0 aromatic heterocycles. The number of nitriles is 2. The van der Waals surface area contributed by atoms with Crippen molar-refractivity contribution in [2.75, 3.05) is 0 Å². The van der Waals surface area contributed by atoms with Crippen molar-refractivity contribution in [2.45, 2.75) is 78.4 Å². The minimum atomic E-state index is -0.686. The molecule has 0 saturated carbocycles. The molecule has 4 aromatic carbocycles. The highest BCUT2D eigenvalue weighted by molar-refractivity contribution is 6.01. The lowest BCUT2D eigenvalue weighted by molar-refractivity contribution is -0.119. The third kappa shape index (κ3) is 7.07. The number of Topliss-reactive ketones (excluding diaryl/α,β-unsaturated/α-hetero) is 2. The number of carbonyl (C=O) groups excluding carboxylic acids is 2. The molecular formula is C48H44N4O6. The van der Waals surface area contributed by atoms with Gasteiger partial charge < -0.3 is 30.4 Å². The molecule has 4 N–H and O–H groups in total. The van der Waals surface area contributed by atoms with E-state index >= 15 is 0 Å². The molecule has 4 aromatic rings. The Morgan fingerprint density at radius 1 is 0.621 bits per heavy atom. The van der Waals surface area contributed by atoms with E-state index in [1.165, 1.54) is 0 Å². The molecule has 0 radical (unpaired) electrons. The van der Waals surface area contributed by atoms with Gasteiger partial charge in [0.15, 0.2) is 11.6 Å². The first-order valence-corrected chi connectivity index (χ1v) is 19.4. The van der Waals surface area contributed by atoms with Crippen molar-refractivity contribution in [3.63, 3.8) is 0 Å². The van der Waals surface area contributed by atoms with Gasteiger partial charge in [-0.1, -0.05) is 88.4 Å². The second-order valence-corrected chi connectivity index (χ2v) is 17.1. The molecule has 0 bridgehead atoms. The number of fused-ring (bicyclic) bond motifs is 1. The first kappa shape index (κ1) is 38.1. The van der Waals surface area contributed by atoms with Crippen molar-refractivity contribution in [1.82, 2.24) is 0 Å². The van der Waals surface area contributed by atoms with Gasteiger partial charge >= 0.3 is 0 Å². The molecule has 8 rings (SSSR count). The Balaban J connectivity index is 1.01. The largest absolute Gasteiger partial charge is 0.489 e. The number of carbonyl (C=O) groups is 2. The van der Waals surface area contributed by atoms with Gasteiger partial charge in [-0.25, -0.2) is 0 Å². The highest BCUT2D eigenvalue weighted by atomic mass is 16.5. The van der Waals surface area contributed by atoms with Gasteiger partial charge in [-0.15, -0.1) is 0 Å². The third-order valence-electron chi connectivity index (χ3n) is 11.4. The summed E-state index contributed by atoms with van der Waals surface area (Å²) in [7, 11) is 0. The first-order chi connectivity index (χ1) is 27.8. The van der Waals surface area contributed by atoms with Crippen LogP contribution in [0.3, 0.4) is 0 Å². The van der Waals surface area contributed by atoms with Crippen LogP contribution in [0.5, 0.6) is 11.5 Å². The zero-order chi connectivity index (χ0) is 40.9. The molecule has 58 heavy (non-hydrogen) atoms. The van der Waals surface area contributed by atoms with E-state index in [4.69, 9.17) is 30.4 Å². The van der Waals surface area contributed by atoms with Gasteiger partial charge in [-0.3, -0.25) is 9.59 Å². The van der Waals surface area contributed by atoms with Crippen LogP contribution in [-0.2, 0) is 32.3 Å². The highest BCUT2D eigenvalue weighted by Crippen LogP contribution is 2.51. The maximum Gasteiger partial charge on any atom is 0.205 e. The van der Waals surface area contributed by atoms with Crippen LogP contribution in [0.1, 0.15) is 87.5 Å². The Hall–Kier alpha value is -6.78. The van der Waals surface area contributed by atoms with E-state index in [0.29, 0.717) is 71.0 Å². The van der Waals surface area contributed by atoms with Crippen LogP contribution in [0.4, 0.5) is 0 Å². The molecule has 0 saturated heterocycles. The number of rotatable bonds is 8. The maximum atomic E-state index is 13.5. The topological polar surface area (TPSA) is 171 Å². The third-order valence-corrected chi connectivity index (χ3v) is 11.4. The van der Waals surface area contributed by atoms with Gasteiger partial charge in [0.25, 0.3) is 0 Å². The molecule has 2 aliphatic heterocycles. The SMILES string of the molecule is CC1(C)CC(=O)C2=C(C1)OC(N)=C(C#N)C2c1ccccc1OCc1ccc2cc(COc3ccccc3C3C(C#N)=C(N)OC4=C3C(=O)CC(C)(C)C4)ccc2c1. The predicted octanol–water partition coefficient (Wildman–Crippen LogP) is 8.90. The van der Waals surface area contributed by atoms with Gasteiger partial charge in [0.05, 0.1) is 11.8 Å². The standard InChI is InChI=1S/C48H44N4O6/c1-47(2)19-35(53)43-39(21-47)57-45(51)33(23-49)41(43)31-9-5-7-11-37(31)55-25-27-13-15-30-18-28(14-16-29(30)17-27)26-56-38-12-8-6-10-32(38)42-34(24-50)46(52)58-40-22-48(3,4)20-36(54)44(40)42/h5-18,41-42H,19-22,25-26,51-52H2,1-4H3. The Morgan fingerprint density at radius 3 is 1.41 bits per heavy atom. The molecule has 2 aliphatic carbocycles. The fourth-order valence-corrected chi connectivity index (χ4v) is 8.74. The number of ether oxygens (including phenoxy) is 4. The minimum Gasteiger partial charge on any atom is -0.489 e. The van der Waals surface area contributed by atoms with Gasteiger partial charge in [0.1, 0.15) is 59.5 Å². The zero-order valence-corrected chi connectivity index (χ0v) is 33.0. The van der Waals surface area contributed by atoms with Crippen LogP contribution >= 0.6 is 0 Å². The summed E-state index contributed by atoms with van der Waals surface area (Å²) in [5.41, 5.74) is 16.6. The van der Waals surface area contributed by atoms with Gasteiger partial charge in [0, 0.05) is 48.0 Å². The van der Waals surface area contributed by atoms with Crippen molar-refractivity contribution >= 4 is 22.3 Å². The van der Waals surface area contributed by atoms with Crippen LogP contribution in [0.2, 0.25) is 0 Å². The Kier molecular flexibility index (Phi) is 9.61. The fraction of sp³-hybridized carbons (Fsp3) is 0.292. The average molecular weight is 773 g/mol. The Bertz CT molecular complexity index is 2450. The smallest absolute Gasteiger partial charge is 0.205 e. The molecule has 10 heteroatoms. The summed E-state index contributed by atoms with van der Waals surface area (Å²) in [6.45, 7) is 8.58. The maximum absolute atomic E-state index is 13.5. The number of nitrogens with zero attached hydrogens (tertiary/aromatic N) is 2. The van der Waals surface area contributed by atoms with Crippen LogP contribution in [0, 0.1) is 33.5 Å². The number of ketones is 2. The van der Waals surface area contributed by atoms with Crippen LogP contribution < -0.4 is 20.9 Å². The molecule has 2 atom stereocenters. The van der Waals surface area contributed by atoms with E-state index in [2.05, 4.69) is 24.3 Å². The molecule has 0 spiro atoms. The van der Waals surface area contributed by atoms with Gasteiger partial charge in [0.2, 0.25) is 11.8 Å². The molecular weight excluding hydrogens is 729 g/mol. The van der Waals surface area contributed by atoms with Crippen LogP contribution in [0.25, 0.3) is 10.8 Å². The molecule has 0 amide bonds. The second-order valence-electron chi connectivity index (χ2n) is 17.1. The summed E-state index contributed by atoms with van der Waals surface area (Å²) in [5.74, 6) is 0.696. The van der Waals surface area contributed by atoms with Crippen LogP contribution in [-0.4, -0.2) is 11.6 Å². The number of para-hydroxylation sites is 2. The molecule has 2 heterocycles. The molecule has 0 fully saturated rings. The summed E-state index contributed by atoms with van der Waals surface area (Å²) in [6, 6.07) is 31.5. The summed E-state index contributed by atoms with van der Waals surface area (Å²) in [5, 5.41) is 22.3. The Labute approximate surface area is 337 Å². The lowest BCUT2D eigenvalue weighted by atomic mass is 9.70. The second kappa shape index (κ2) is 14.6. The van der Waals surface area contributed by atoms with E-state index in [1.807, 2.05) is 100 Å². The van der Waals surface area contributed by atoms with E-state index in [9.17, 15) is 20.1 Å². The van der Waals surface area contributed by atoms with Crippen LogP contribution in [0.15, 0.2) is 131 Å². The van der Waals surface area contributed by atoms with Crippen molar-refractivity contribution < 1.29 is 28.5 Å². The van der Waals surface area contributed by atoms with Crippen molar-refractivity contribution in [1.29, 1.82) is 10.5 Å². The summed E-state index contributed by atoms with van der Waals surface area (Å²) in [6.07, 6.45) is 1.77. The monoisotopic (exact) mass is 772 g/mol. The lowest BCUT2D eigenvalue weighted by Gasteiger charge is -2.37. The van der Waals surface area contributed by atoms with Crippen molar-refractivity contribution in [3.8, 4) is 23.6 Å². The number of benzene rings is 4. The van der Waals surface area contributed by atoms with E-state index in [1.54, 1.807) is 0 Å². The molecule has 292 valence electrons. The average Bonchev–Trinajstić information content (AvgIpc) is 3.17.